The van der Waals surface area contributed by atoms with E-state index in [0.29, 0.717) is 16.0 Å². The van der Waals surface area contributed by atoms with Crippen molar-refractivity contribution in [3.63, 3.8) is 0 Å². The number of carbonyl (C=O) groups is 1. The maximum Gasteiger partial charge on any atom is 0.286 e. The smallest absolute Gasteiger partial charge is 0.266 e. The zero-order valence-corrected chi connectivity index (χ0v) is 15.6. The van der Waals surface area contributed by atoms with Gasteiger partial charge in [-0.15, -0.1) is 0 Å². The topological polar surface area (TPSA) is 119 Å². The van der Waals surface area contributed by atoms with Gasteiger partial charge in [-0.3, -0.25) is 25.0 Å². The third-order valence-corrected chi connectivity index (χ3v) is 4.88. The molecule has 9 nitrogen and oxygen atoms in total. The second-order valence-corrected chi connectivity index (χ2v) is 7.11. The Hall–Kier alpha value is -3.44. The highest BCUT2D eigenvalue weighted by molar-refractivity contribution is 8.26. The number of thioether (sulfide) groups is 1. The van der Waals surface area contributed by atoms with E-state index < -0.39 is 15.8 Å². The molecule has 1 aliphatic heterocycles. The Morgan fingerprint density at radius 2 is 1.43 bits per heavy atom. The monoisotopic (exact) mass is 414 g/mol. The van der Waals surface area contributed by atoms with Crippen molar-refractivity contribution in [1.29, 1.82) is 0 Å². The van der Waals surface area contributed by atoms with Gasteiger partial charge in [0.25, 0.3) is 17.3 Å². The van der Waals surface area contributed by atoms with Gasteiger partial charge in [0.15, 0.2) is 4.32 Å². The molecule has 0 aliphatic carbocycles. The van der Waals surface area contributed by atoms with Gasteiger partial charge < -0.3 is 0 Å². The van der Waals surface area contributed by atoms with Crippen molar-refractivity contribution < 1.29 is 14.6 Å². The average molecular weight is 414 g/mol. The minimum Gasteiger partial charge on any atom is -0.266 e. The van der Waals surface area contributed by atoms with Gasteiger partial charge >= 0.3 is 0 Å². The summed E-state index contributed by atoms with van der Waals surface area (Å²) in [7, 11) is 0. The molecule has 0 spiro atoms. The van der Waals surface area contributed by atoms with Crippen molar-refractivity contribution in [1.82, 2.24) is 5.01 Å². The second-order valence-electron chi connectivity index (χ2n) is 5.44. The summed E-state index contributed by atoms with van der Waals surface area (Å²) in [4.78, 5) is 33.2. The SMILES string of the molecule is O=C1/C(=C/c2ccc([N+](=O)[O-])cc2)SC(=S)N1/N=C/c1ccc([N+](=O)[O-])cc1. The molecule has 11 heteroatoms. The van der Waals surface area contributed by atoms with E-state index >= 15 is 0 Å². The number of thiocarbonyl (C=S) groups is 1. The second kappa shape index (κ2) is 8.06. The van der Waals surface area contributed by atoms with Gasteiger partial charge in [-0.05, 0) is 53.7 Å². The van der Waals surface area contributed by atoms with Gasteiger partial charge in [0.05, 0.1) is 21.0 Å². The number of hydrazone groups is 1. The van der Waals surface area contributed by atoms with E-state index in [1.165, 1.54) is 54.7 Å². The van der Waals surface area contributed by atoms with Crippen LogP contribution in [-0.2, 0) is 4.79 Å². The van der Waals surface area contributed by atoms with Crippen LogP contribution in [0, 0.1) is 20.2 Å². The summed E-state index contributed by atoms with van der Waals surface area (Å²) in [5, 5.41) is 26.5. The van der Waals surface area contributed by atoms with E-state index in [9.17, 15) is 25.0 Å². The van der Waals surface area contributed by atoms with Crippen LogP contribution >= 0.6 is 24.0 Å². The molecule has 0 saturated carbocycles. The van der Waals surface area contributed by atoms with E-state index in [2.05, 4.69) is 5.10 Å². The molecular formula is C17H10N4O5S2. The minimum absolute atomic E-state index is 0.0441. The summed E-state index contributed by atoms with van der Waals surface area (Å²) in [5.74, 6) is -0.425. The van der Waals surface area contributed by atoms with E-state index in [1.54, 1.807) is 6.08 Å². The Balaban J connectivity index is 1.75. The molecule has 0 atom stereocenters. The lowest BCUT2D eigenvalue weighted by Crippen LogP contribution is -2.22. The van der Waals surface area contributed by atoms with Crippen molar-refractivity contribution in [2.45, 2.75) is 0 Å². The predicted molar refractivity (Wildman–Crippen MR) is 109 cm³/mol. The molecule has 140 valence electrons. The first kappa shape index (κ1) is 19.3. The Morgan fingerprint density at radius 1 is 0.929 bits per heavy atom. The number of rotatable bonds is 5. The van der Waals surface area contributed by atoms with Crippen molar-refractivity contribution in [3.05, 3.63) is 84.8 Å². The molecule has 1 aliphatic rings. The first-order valence-electron chi connectivity index (χ1n) is 7.66. The normalized spacial score (nSPS) is 15.6. The van der Waals surface area contributed by atoms with E-state index in [1.807, 2.05) is 0 Å². The Bertz CT molecular complexity index is 1030. The number of hydrogen-bond acceptors (Lipinski definition) is 8. The number of carbonyl (C=O) groups excluding carboxylic acids is 1. The fraction of sp³-hybridized carbons (Fsp3) is 0. The molecule has 3 rings (SSSR count). The largest absolute Gasteiger partial charge is 0.286 e. The van der Waals surface area contributed by atoms with Gasteiger partial charge in [0.1, 0.15) is 0 Å². The summed E-state index contributed by atoms with van der Waals surface area (Å²) in [6.07, 6.45) is 2.95. The van der Waals surface area contributed by atoms with E-state index in [-0.39, 0.29) is 15.7 Å². The number of nitro groups is 2. The maximum absolute atomic E-state index is 12.5. The van der Waals surface area contributed by atoms with Crippen LogP contribution in [0.25, 0.3) is 6.08 Å². The summed E-state index contributed by atoms with van der Waals surface area (Å²) in [5.41, 5.74) is 1.09. The van der Waals surface area contributed by atoms with E-state index in [4.69, 9.17) is 12.2 Å². The zero-order valence-electron chi connectivity index (χ0n) is 13.9. The Kier molecular flexibility index (Phi) is 5.57. The predicted octanol–water partition coefficient (Wildman–Crippen LogP) is 3.74. The number of non-ortho nitro benzene ring substituents is 2. The molecule has 0 radical (unpaired) electrons. The van der Waals surface area contributed by atoms with Gasteiger partial charge in [-0.25, -0.2) is 0 Å². The summed E-state index contributed by atoms with van der Waals surface area (Å²) >= 11 is 6.23. The minimum atomic E-state index is -0.508. The van der Waals surface area contributed by atoms with Crippen LogP contribution in [0.5, 0.6) is 0 Å². The number of nitrogens with zero attached hydrogens (tertiary/aromatic N) is 4. The first-order chi connectivity index (χ1) is 13.3. The van der Waals surface area contributed by atoms with Crippen LogP contribution < -0.4 is 0 Å². The van der Waals surface area contributed by atoms with Crippen molar-refractivity contribution in [2.24, 2.45) is 5.10 Å². The summed E-state index contributed by atoms with van der Waals surface area (Å²) < 4.78 is 0.233. The molecule has 0 N–H and O–H groups in total. The molecule has 1 saturated heterocycles. The number of nitro benzene ring substituents is 2. The molecule has 0 unspecified atom stereocenters. The lowest BCUT2D eigenvalue weighted by molar-refractivity contribution is -0.385. The van der Waals surface area contributed by atoms with Crippen LogP contribution in [0.1, 0.15) is 11.1 Å². The molecule has 2 aromatic rings. The molecule has 1 amide bonds. The average Bonchev–Trinajstić information content (AvgIpc) is 2.94. The zero-order chi connectivity index (χ0) is 20.3. The van der Waals surface area contributed by atoms with Crippen LogP contribution in [0.15, 0.2) is 58.5 Å². The Morgan fingerprint density at radius 3 is 1.93 bits per heavy atom. The third-order valence-electron chi connectivity index (χ3n) is 3.60. The standard InChI is InChI=1S/C17H10N4O5S2/c22-16-15(9-11-1-5-13(6-2-11)20(23)24)28-17(27)19(16)18-10-12-3-7-14(8-4-12)21(25)26/h1-10H/b15-9-,18-10+. The van der Waals surface area contributed by atoms with Gasteiger partial charge in [-0.1, -0.05) is 11.8 Å². The van der Waals surface area contributed by atoms with Gasteiger partial charge in [0.2, 0.25) is 0 Å². The molecule has 0 bridgehead atoms. The van der Waals surface area contributed by atoms with Crippen LogP contribution in [0.3, 0.4) is 0 Å². The number of amides is 1. The lowest BCUT2D eigenvalue weighted by Gasteiger charge is -2.05. The summed E-state index contributed by atoms with van der Waals surface area (Å²) in [6, 6.07) is 11.4. The molecule has 1 heterocycles. The molecule has 1 fully saturated rings. The van der Waals surface area contributed by atoms with Crippen molar-refractivity contribution in [2.75, 3.05) is 0 Å². The van der Waals surface area contributed by atoms with Crippen LogP contribution in [0.2, 0.25) is 0 Å². The third kappa shape index (κ3) is 4.27. The number of hydrogen-bond donors (Lipinski definition) is 0. The van der Waals surface area contributed by atoms with Crippen LogP contribution in [0.4, 0.5) is 11.4 Å². The first-order valence-corrected chi connectivity index (χ1v) is 8.88. The lowest BCUT2D eigenvalue weighted by atomic mass is 10.2. The highest BCUT2D eigenvalue weighted by atomic mass is 32.2. The fourth-order valence-corrected chi connectivity index (χ4v) is 3.38. The maximum atomic E-state index is 12.5. The van der Waals surface area contributed by atoms with E-state index in [0.717, 1.165) is 16.8 Å². The van der Waals surface area contributed by atoms with Gasteiger partial charge in [0, 0.05) is 24.3 Å². The Labute approximate surface area is 167 Å². The molecule has 0 aromatic heterocycles. The fourth-order valence-electron chi connectivity index (χ4n) is 2.21. The van der Waals surface area contributed by atoms with Crippen LogP contribution in [-0.4, -0.2) is 31.3 Å². The van der Waals surface area contributed by atoms with Crippen molar-refractivity contribution >= 4 is 57.9 Å². The van der Waals surface area contributed by atoms with Gasteiger partial charge in [-0.2, -0.15) is 10.1 Å². The quantitative estimate of drug-likeness (QED) is 0.240. The number of benzene rings is 2. The highest BCUT2D eigenvalue weighted by Gasteiger charge is 2.32. The van der Waals surface area contributed by atoms with Crippen molar-refractivity contribution in [3.8, 4) is 0 Å². The summed E-state index contributed by atoms with van der Waals surface area (Å²) in [6.45, 7) is 0. The highest BCUT2D eigenvalue weighted by Crippen LogP contribution is 2.33. The molecule has 2 aromatic carbocycles. The molecule has 28 heavy (non-hydrogen) atoms. The molecular weight excluding hydrogens is 404 g/mol.